The summed E-state index contributed by atoms with van der Waals surface area (Å²) in [6.07, 6.45) is 1.91. The fourth-order valence-corrected chi connectivity index (χ4v) is 2.20. The quantitative estimate of drug-likeness (QED) is 0.654. The topological polar surface area (TPSA) is 17.8 Å². The van der Waals surface area contributed by atoms with Crippen molar-refractivity contribution in [3.05, 3.63) is 54.9 Å². The van der Waals surface area contributed by atoms with Crippen molar-refractivity contribution in [2.75, 3.05) is 0 Å². The van der Waals surface area contributed by atoms with Crippen molar-refractivity contribution < 1.29 is 0 Å². The van der Waals surface area contributed by atoms with Gasteiger partial charge >= 0.3 is 0 Å². The van der Waals surface area contributed by atoms with Gasteiger partial charge in [0, 0.05) is 6.04 Å². The maximum absolute atomic E-state index is 4.43. The molecule has 2 aromatic carbocycles. The van der Waals surface area contributed by atoms with Crippen molar-refractivity contribution in [3.8, 4) is 11.1 Å². The molecule has 0 aliphatic rings. The van der Waals surface area contributed by atoms with Crippen LogP contribution in [0.15, 0.2) is 48.8 Å². The van der Waals surface area contributed by atoms with E-state index in [0.29, 0.717) is 6.04 Å². The Morgan fingerprint density at radius 2 is 1.83 bits per heavy atom. The maximum atomic E-state index is 4.43. The molecular weight excluding hydrogens is 220 g/mol. The number of hydrogen-bond donors (Lipinski definition) is 0. The number of aromatic nitrogens is 2. The van der Waals surface area contributed by atoms with Crippen LogP contribution in [0.25, 0.3) is 22.2 Å². The molecule has 0 saturated carbocycles. The summed E-state index contributed by atoms with van der Waals surface area (Å²) >= 11 is 0. The fourth-order valence-electron chi connectivity index (χ4n) is 2.20. The highest BCUT2D eigenvalue weighted by molar-refractivity contribution is 5.82. The summed E-state index contributed by atoms with van der Waals surface area (Å²) in [7, 11) is 0. The zero-order chi connectivity index (χ0) is 12.5. The first-order valence-electron chi connectivity index (χ1n) is 6.19. The van der Waals surface area contributed by atoms with Gasteiger partial charge < -0.3 is 4.57 Å². The van der Waals surface area contributed by atoms with Crippen LogP contribution >= 0.6 is 0 Å². The molecule has 3 aromatic rings. The second kappa shape index (κ2) is 4.30. The van der Waals surface area contributed by atoms with Gasteiger partial charge in [-0.05, 0) is 43.2 Å². The summed E-state index contributed by atoms with van der Waals surface area (Å²) in [4.78, 5) is 4.43. The van der Waals surface area contributed by atoms with Gasteiger partial charge in [-0.15, -0.1) is 0 Å². The normalized spacial score (nSPS) is 11.3. The molecule has 2 heteroatoms. The Bertz CT molecular complexity index is 666. The third kappa shape index (κ3) is 1.80. The molecule has 2 nitrogen and oxygen atoms in total. The first-order valence-corrected chi connectivity index (χ1v) is 6.19. The van der Waals surface area contributed by atoms with Gasteiger partial charge in [0.25, 0.3) is 0 Å². The Kier molecular flexibility index (Phi) is 2.63. The van der Waals surface area contributed by atoms with Crippen LogP contribution in [0.5, 0.6) is 0 Å². The van der Waals surface area contributed by atoms with E-state index in [2.05, 4.69) is 59.8 Å². The monoisotopic (exact) mass is 235 g/mol. The smallest absolute Gasteiger partial charge is 0.0960 e. The van der Waals surface area contributed by atoms with E-state index in [1.54, 1.807) is 0 Å². The lowest BCUT2D eigenvalue weighted by molar-refractivity contribution is 0.617. The SMILES string of the molecule is CC(C)n1cnc2ccc(-c3cc[c]cc3)cc21. The predicted octanol–water partition coefficient (Wildman–Crippen LogP) is 4.08. The van der Waals surface area contributed by atoms with Gasteiger partial charge in [0.15, 0.2) is 0 Å². The number of rotatable bonds is 2. The highest BCUT2D eigenvalue weighted by Gasteiger charge is 2.06. The van der Waals surface area contributed by atoms with Crippen LogP contribution in [0.2, 0.25) is 0 Å². The number of hydrogen-bond acceptors (Lipinski definition) is 1. The lowest BCUT2D eigenvalue weighted by Gasteiger charge is -2.09. The van der Waals surface area contributed by atoms with Gasteiger partial charge in [-0.2, -0.15) is 0 Å². The van der Waals surface area contributed by atoms with Crippen molar-refractivity contribution in [1.29, 1.82) is 0 Å². The molecule has 1 heterocycles. The van der Waals surface area contributed by atoms with Crippen molar-refractivity contribution in [2.24, 2.45) is 0 Å². The minimum Gasteiger partial charge on any atom is -0.328 e. The number of nitrogens with zero attached hydrogens (tertiary/aromatic N) is 2. The van der Waals surface area contributed by atoms with Crippen LogP contribution in [0.3, 0.4) is 0 Å². The summed E-state index contributed by atoms with van der Waals surface area (Å²) in [5.41, 5.74) is 4.68. The van der Waals surface area contributed by atoms with Crippen LogP contribution in [0.1, 0.15) is 19.9 Å². The molecule has 89 valence electrons. The van der Waals surface area contributed by atoms with Gasteiger partial charge in [0.05, 0.1) is 17.4 Å². The average Bonchev–Trinajstić information content (AvgIpc) is 2.82. The second-order valence-electron chi connectivity index (χ2n) is 4.74. The van der Waals surface area contributed by atoms with Gasteiger partial charge in [0.2, 0.25) is 0 Å². The Labute approximate surface area is 107 Å². The second-order valence-corrected chi connectivity index (χ2v) is 4.74. The molecular formula is C16H15N2. The largest absolute Gasteiger partial charge is 0.328 e. The van der Waals surface area contributed by atoms with Crippen LogP contribution in [-0.4, -0.2) is 9.55 Å². The minimum absolute atomic E-state index is 0.425. The number of fused-ring (bicyclic) bond motifs is 1. The van der Waals surface area contributed by atoms with Crippen LogP contribution in [0.4, 0.5) is 0 Å². The Hall–Kier alpha value is -2.09. The van der Waals surface area contributed by atoms with E-state index < -0.39 is 0 Å². The molecule has 0 N–H and O–H groups in total. The summed E-state index contributed by atoms with van der Waals surface area (Å²) in [6, 6.07) is 17.9. The Balaban J connectivity index is 2.18. The average molecular weight is 235 g/mol. The highest BCUT2D eigenvalue weighted by atomic mass is 15.1. The van der Waals surface area contributed by atoms with Gasteiger partial charge in [-0.1, -0.05) is 30.3 Å². The lowest BCUT2D eigenvalue weighted by Crippen LogP contribution is -1.97. The molecule has 0 saturated heterocycles. The maximum Gasteiger partial charge on any atom is 0.0960 e. The zero-order valence-corrected chi connectivity index (χ0v) is 10.6. The molecule has 0 unspecified atom stereocenters. The fraction of sp³-hybridized carbons (Fsp3) is 0.188. The minimum atomic E-state index is 0.425. The Morgan fingerprint density at radius 3 is 2.56 bits per heavy atom. The van der Waals surface area contributed by atoms with E-state index in [1.807, 2.05) is 18.5 Å². The predicted molar refractivity (Wildman–Crippen MR) is 74.4 cm³/mol. The van der Waals surface area contributed by atoms with E-state index >= 15 is 0 Å². The molecule has 0 bridgehead atoms. The first kappa shape index (κ1) is 11.0. The third-order valence-electron chi connectivity index (χ3n) is 3.18. The molecule has 0 aliphatic carbocycles. The van der Waals surface area contributed by atoms with Crippen LogP contribution in [0, 0.1) is 6.07 Å². The van der Waals surface area contributed by atoms with Crippen molar-refractivity contribution in [1.82, 2.24) is 9.55 Å². The van der Waals surface area contributed by atoms with Crippen LogP contribution in [-0.2, 0) is 0 Å². The van der Waals surface area contributed by atoms with Crippen molar-refractivity contribution in [2.45, 2.75) is 19.9 Å². The molecule has 0 amide bonds. The van der Waals surface area contributed by atoms with E-state index in [1.165, 1.54) is 16.6 Å². The summed E-state index contributed by atoms with van der Waals surface area (Å²) in [5.74, 6) is 0. The summed E-state index contributed by atoms with van der Waals surface area (Å²) in [5, 5.41) is 0. The summed E-state index contributed by atoms with van der Waals surface area (Å²) < 4.78 is 2.20. The molecule has 18 heavy (non-hydrogen) atoms. The highest BCUT2D eigenvalue weighted by Crippen LogP contribution is 2.25. The molecule has 0 spiro atoms. The standard InChI is InChI=1S/C16H15N2/c1-12(2)18-11-17-15-9-8-14(10-16(15)18)13-6-4-3-5-7-13/h4-12H,1-2H3. The van der Waals surface area contributed by atoms with Gasteiger partial charge in [0.1, 0.15) is 0 Å². The number of imidazole rings is 1. The van der Waals surface area contributed by atoms with Crippen LogP contribution < -0.4 is 0 Å². The molecule has 0 atom stereocenters. The molecule has 1 radical (unpaired) electrons. The zero-order valence-electron chi connectivity index (χ0n) is 10.6. The van der Waals surface area contributed by atoms with Gasteiger partial charge in [-0.3, -0.25) is 0 Å². The van der Waals surface area contributed by atoms with Gasteiger partial charge in [-0.25, -0.2) is 4.98 Å². The molecule has 1 aromatic heterocycles. The summed E-state index contributed by atoms with van der Waals surface area (Å²) in [6.45, 7) is 4.34. The molecule has 3 rings (SSSR count). The lowest BCUT2D eigenvalue weighted by atomic mass is 10.1. The van der Waals surface area contributed by atoms with E-state index in [-0.39, 0.29) is 0 Å². The van der Waals surface area contributed by atoms with E-state index in [9.17, 15) is 0 Å². The third-order valence-corrected chi connectivity index (χ3v) is 3.18. The van der Waals surface area contributed by atoms with E-state index in [0.717, 1.165) is 5.52 Å². The Morgan fingerprint density at radius 1 is 1.06 bits per heavy atom. The first-order chi connectivity index (χ1) is 8.75. The van der Waals surface area contributed by atoms with E-state index in [4.69, 9.17) is 0 Å². The molecule has 0 aliphatic heterocycles. The van der Waals surface area contributed by atoms with Crippen molar-refractivity contribution >= 4 is 11.0 Å². The van der Waals surface area contributed by atoms with Crippen molar-refractivity contribution in [3.63, 3.8) is 0 Å². The number of benzene rings is 2. The molecule has 0 fully saturated rings.